The Morgan fingerprint density at radius 3 is 2.92 bits per heavy atom. The maximum Gasteiger partial charge on any atom is 0.271 e. The van der Waals surface area contributed by atoms with Crippen molar-refractivity contribution >= 4 is 22.2 Å². The fraction of sp³-hybridized carbons (Fsp3) is 0.529. The van der Waals surface area contributed by atoms with Crippen molar-refractivity contribution in [3.63, 3.8) is 0 Å². The Hall–Kier alpha value is -4.32. The van der Waals surface area contributed by atoms with E-state index in [1.54, 1.807) is 25.4 Å². The number of nitrogens with zero attached hydrogens (tertiary/aromatic N) is 7. The standard InChI is InChI=1S/C34H43N9O4S/c1-6-9-21-29(41-47-30(21)34(3)13-7-11-25-28(34)22(19-35)31(36)48-25)32-38-26(43-16-12-23(40-43)33(44)37-14-17-45-5)18-27(39-32)46-20(2)24-10-8-15-42(24)4/h12,16,18,20,24H,6-11,13-15,17,36H2,1-5H3,(H,37,44)/t20-,24-,34-/m0/s1. The molecule has 1 saturated heterocycles. The summed E-state index contributed by atoms with van der Waals surface area (Å²) in [5, 5.41) is 22.5. The summed E-state index contributed by atoms with van der Waals surface area (Å²) in [6.07, 6.45) is 7.81. The highest BCUT2D eigenvalue weighted by atomic mass is 32.1. The van der Waals surface area contributed by atoms with Gasteiger partial charge >= 0.3 is 0 Å². The summed E-state index contributed by atoms with van der Waals surface area (Å²) < 4.78 is 19.3. The number of likely N-dealkylation sites (N-methyl/N-ethyl adjacent to an activating group) is 1. The largest absolute Gasteiger partial charge is 0.473 e. The molecule has 14 heteroatoms. The van der Waals surface area contributed by atoms with Crippen LogP contribution in [0.25, 0.3) is 17.3 Å². The number of nitrogen functional groups attached to an aromatic ring is 1. The van der Waals surface area contributed by atoms with E-state index in [2.05, 4.69) is 54.4 Å². The summed E-state index contributed by atoms with van der Waals surface area (Å²) >= 11 is 1.49. The molecule has 2 aliphatic rings. The van der Waals surface area contributed by atoms with Gasteiger partial charge in [0.25, 0.3) is 5.91 Å². The third kappa shape index (κ3) is 6.29. The maximum absolute atomic E-state index is 12.7. The minimum absolute atomic E-state index is 0.135. The van der Waals surface area contributed by atoms with Crippen LogP contribution in [0.4, 0.5) is 5.00 Å². The Balaban J connectivity index is 1.43. The van der Waals surface area contributed by atoms with E-state index in [4.69, 9.17) is 29.7 Å². The van der Waals surface area contributed by atoms with E-state index in [9.17, 15) is 10.1 Å². The zero-order chi connectivity index (χ0) is 34.0. The van der Waals surface area contributed by atoms with Crippen molar-refractivity contribution in [1.82, 2.24) is 35.1 Å². The number of nitrogens with two attached hydrogens (primary N) is 1. The van der Waals surface area contributed by atoms with Crippen LogP contribution in [0.3, 0.4) is 0 Å². The molecule has 4 aromatic rings. The lowest BCUT2D eigenvalue weighted by molar-refractivity contribution is 0.0931. The summed E-state index contributed by atoms with van der Waals surface area (Å²) in [6.45, 7) is 8.07. The number of amides is 1. The van der Waals surface area contributed by atoms with E-state index >= 15 is 0 Å². The third-order valence-corrected chi connectivity index (χ3v) is 10.6. The number of fused-ring (bicyclic) bond motifs is 1. The summed E-state index contributed by atoms with van der Waals surface area (Å²) in [6, 6.07) is 5.98. The lowest BCUT2D eigenvalue weighted by atomic mass is 9.69. The van der Waals surface area contributed by atoms with Gasteiger partial charge in [-0.15, -0.1) is 11.3 Å². The number of nitriles is 1. The Kier molecular flexibility index (Phi) is 9.82. The van der Waals surface area contributed by atoms with Crippen LogP contribution < -0.4 is 15.8 Å². The molecule has 0 bridgehead atoms. The fourth-order valence-corrected chi connectivity index (χ4v) is 8.34. The highest BCUT2D eigenvalue weighted by molar-refractivity contribution is 7.16. The molecule has 1 fully saturated rings. The Morgan fingerprint density at radius 1 is 1.35 bits per heavy atom. The molecule has 3 atom stereocenters. The van der Waals surface area contributed by atoms with Crippen molar-refractivity contribution in [2.75, 3.05) is 39.6 Å². The van der Waals surface area contributed by atoms with E-state index in [-0.39, 0.29) is 23.7 Å². The van der Waals surface area contributed by atoms with Crippen LogP contribution in [0.2, 0.25) is 0 Å². The molecule has 48 heavy (non-hydrogen) atoms. The summed E-state index contributed by atoms with van der Waals surface area (Å²) in [5.41, 5.74) is 8.87. The predicted octanol–water partition coefficient (Wildman–Crippen LogP) is 4.67. The van der Waals surface area contributed by atoms with Crippen LogP contribution in [0.1, 0.15) is 90.7 Å². The lowest BCUT2D eigenvalue weighted by Gasteiger charge is -2.33. The number of anilines is 1. The second-order valence-electron chi connectivity index (χ2n) is 12.8. The number of aromatic nitrogens is 5. The number of methoxy groups -OCH3 is 1. The molecule has 6 rings (SSSR count). The van der Waals surface area contributed by atoms with Crippen LogP contribution in [0.15, 0.2) is 22.9 Å². The normalized spacial score (nSPS) is 20.0. The van der Waals surface area contributed by atoms with Gasteiger partial charge in [-0.2, -0.15) is 15.3 Å². The van der Waals surface area contributed by atoms with Gasteiger partial charge in [0, 0.05) is 42.4 Å². The minimum atomic E-state index is -0.589. The van der Waals surface area contributed by atoms with Gasteiger partial charge in [-0.25, -0.2) is 9.67 Å². The minimum Gasteiger partial charge on any atom is -0.473 e. The van der Waals surface area contributed by atoms with Gasteiger partial charge in [-0.3, -0.25) is 9.69 Å². The van der Waals surface area contributed by atoms with Gasteiger partial charge in [0.05, 0.1) is 17.6 Å². The SMILES string of the molecule is CCCc1c(-c2nc(O[C@@H](C)[C@@H]3CCCN3C)cc(-n3ccc(C(=O)NCCOC)n3)n2)noc1[C@@]1(C)CCCc2sc(N)c(C#N)c21. The average Bonchev–Trinajstić information content (AvgIpc) is 3.87. The molecule has 13 nitrogen and oxygen atoms in total. The second-order valence-corrected chi connectivity index (χ2v) is 14.0. The molecule has 0 unspecified atom stereocenters. The van der Waals surface area contributed by atoms with Crippen molar-refractivity contribution in [2.24, 2.45) is 0 Å². The number of likely N-dealkylation sites (tertiary alicyclic amines) is 1. The number of carbonyl (C=O) groups is 1. The maximum atomic E-state index is 12.7. The number of thiophene rings is 1. The van der Waals surface area contributed by atoms with Crippen LogP contribution in [-0.2, 0) is 23.0 Å². The summed E-state index contributed by atoms with van der Waals surface area (Å²) in [7, 11) is 3.69. The fourth-order valence-electron chi connectivity index (χ4n) is 7.15. The molecule has 5 heterocycles. The smallest absolute Gasteiger partial charge is 0.271 e. The van der Waals surface area contributed by atoms with Gasteiger partial charge in [0.2, 0.25) is 5.88 Å². The predicted molar refractivity (Wildman–Crippen MR) is 181 cm³/mol. The molecule has 0 spiro atoms. The second kappa shape index (κ2) is 14.0. The van der Waals surface area contributed by atoms with Crippen LogP contribution in [0, 0.1) is 11.3 Å². The zero-order valence-corrected chi connectivity index (χ0v) is 29.0. The molecule has 1 aliphatic heterocycles. The summed E-state index contributed by atoms with van der Waals surface area (Å²) in [5.74, 6) is 1.53. The van der Waals surface area contributed by atoms with Gasteiger partial charge in [-0.05, 0) is 77.6 Å². The van der Waals surface area contributed by atoms with Gasteiger partial charge in [0.15, 0.2) is 28.8 Å². The number of nitrogens with one attached hydrogen (secondary N) is 1. The van der Waals surface area contributed by atoms with Gasteiger partial charge in [-0.1, -0.05) is 18.5 Å². The molecular weight excluding hydrogens is 631 g/mol. The first-order valence-electron chi connectivity index (χ1n) is 16.6. The number of carbonyl (C=O) groups excluding carboxylic acids is 1. The highest BCUT2D eigenvalue weighted by Crippen LogP contribution is 2.50. The molecule has 4 aromatic heterocycles. The molecule has 0 saturated carbocycles. The number of ether oxygens (including phenoxy) is 2. The molecule has 254 valence electrons. The first kappa shape index (κ1) is 33.6. The number of rotatable bonds is 12. The molecule has 1 amide bonds. The Labute approximate surface area is 284 Å². The van der Waals surface area contributed by atoms with Crippen molar-refractivity contribution < 1.29 is 18.8 Å². The molecule has 0 aromatic carbocycles. The molecule has 1 aliphatic carbocycles. The first-order chi connectivity index (χ1) is 23.2. The Morgan fingerprint density at radius 2 is 2.19 bits per heavy atom. The van der Waals surface area contributed by atoms with Crippen molar-refractivity contribution in [1.29, 1.82) is 5.26 Å². The first-order valence-corrected chi connectivity index (χ1v) is 17.4. The van der Waals surface area contributed by atoms with E-state index in [0.717, 1.165) is 61.1 Å². The van der Waals surface area contributed by atoms with E-state index in [0.29, 0.717) is 59.1 Å². The van der Waals surface area contributed by atoms with Crippen molar-refractivity contribution in [3.05, 3.63) is 51.4 Å². The number of hydrogen-bond donors (Lipinski definition) is 2. The Bertz CT molecular complexity index is 1820. The zero-order valence-electron chi connectivity index (χ0n) is 28.2. The monoisotopic (exact) mass is 673 g/mol. The van der Waals surface area contributed by atoms with Crippen LogP contribution in [-0.4, -0.2) is 81.7 Å². The van der Waals surface area contributed by atoms with Crippen molar-refractivity contribution in [3.8, 4) is 29.3 Å². The van der Waals surface area contributed by atoms with Crippen LogP contribution in [0.5, 0.6) is 5.88 Å². The lowest BCUT2D eigenvalue weighted by Crippen LogP contribution is -2.38. The number of aryl methyl sites for hydroxylation is 1. The topological polar surface area (TPSA) is 170 Å². The molecular formula is C34H43N9O4S. The van der Waals surface area contributed by atoms with E-state index in [1.165, 1.54) is 16.0 Å². The third-order valence-electron chi connectivity index (χ3n) is 9.52. The van der Waals surface area contributed by atoms with Gasteiger partial charge < -0.3 is 25.0 Å². The highest BCUT2D eigenvalue weighted by Gasteiger charge is 2.44. The molecule has 0 radical (unpaired) electrons. The number of hydrogen-bond acceptors (Lipinski definition) is 12. The van der Waals surface area contributed by atoms with E-state index < -0.39 is 5.41 Å². The summed E-state index contributed by atoms with van der Waals surface area (Å²) in [4.78, 5) is 25.9. The quantitative estimate of drug-likeness (QED) is 0.200. The van der Waals surface area contributed by atoms with E-state index in [1.807, 2.05) is 0 Å². The van der Waals surface area contributed by atoms with Gasteiger partial charge in [0.1, 0.15) is 17.2 Å². The van der Waals surface area contributed by atoms with Crippen molar-refractivity contribution in [2.45, 2.75) is 83.3 Å². The van der Waals surface area contributed by atoms with Crippen LogP contribution >= 0.6 is 11.3 Å². The average molecular weight is 674 g/mol. The molecule has 3 N–H and O–H groups in total.